The summed E-state index contributed by atoms with van der Waals surface area (Å²) in [5, 5.41) is 0. The highest BCUT2D eigenvalue weighted by atomic mass is 19.1. The van der Waals surface area contributed by atoms with Gasteiger partial charge in [-0.1, -0.05) is 25.3 Å². The van der Waals surface area contributed by atoms with Gasteiger partial charge in [-0.3, -0.25) is 0 Å². The van der Waals surface area contributed by atoms with E-state index in [1.54, 1.807) is 0 Å². The second-order valence-corrected chi connectivity index (χ2v) is 4.56. The van der Waals surface area contributed by atoms with E-state index in [1.165, 1.54) is 24.6 Å². The summed E-state index contributed by atoms with van der Waals surface area (Å²) in [5.74, 6) is -0.809. The first-order valence-electron chi connectivity index (χ1n) is 5.89. The number of nitrogens with two attached hydrogens (primary N) is 1. The molecule has 0 aromatic heterocycles. The summed E-state index contributed by atoms with van der Waals surface area (Å²) in [6, 6.07) is 3.44. The lowest BCUT2D eigenvalue weighted by Crippen LogP contribution is -2.25. The van der Waals surface area contributed by atoms with Crippen LogP contribution in [-0.4, -0.2) is 0 Å². The molecule has 1 atom stereocenters. The van der Waals surface area contributed by atoms with Crippen molar-refractivity contribution in [3.63, 3.8) is 0 Å². The van der Waals surface area contributed by atoms with Crippen molar-refractivity contribution in [2.75, 3.05) is 0 Å². The SMILES string of the molecule is N[C@@H](c1c(F)cccc1F)C1CCCCC1. The molecular weight excluding hydrogens is 208 g/mol. The molecule has 0 aliphatic heterocycles. The minimum Gasteiger partial charge on any atom is -0.324 e. The lowest BCUT2D eigenvalue weighted by Gasteiger charge is -2.28. The van der Waals surface area contributed by atoms with Gasteiger partial charge in [-0.25, -0.2) is 8.78 Å². The van der Waals surface area contributed by atoms with Crippen molar-refractivity contribution in [1.82, 2.24) is 0 Å². The van der Waals surface area contributed by atoms with Crippen molar-refractivity contribution in [2.45, 2.75) is 38.1 Å². The van der Waals surface area contributed by atoms with Crippen LogP contribution < -0.4 is 5.73 Å². The monoisotopic (exact) mass is 225 g/mol. The molecule has 0 saturated heterocycles. The zero-order chi connectivity index (χ0) is 11.5. The number of halogens is 2. The van der Waals surface area contributed by atoms with Gasteiger partial charge >= 0.3 is 0 Å². The molecule has 0 radical (unpaired) electrons. The van der Waals surface area contributed by atoms with Crippen LogP contribution in [0.4, 0.5) is 8.78 Å². The van der Waals surface area contributed by atoms with Crippen LogP contribution in [0.1, 0.15) is 43.7 Å². The van der Waals surface area contributed by atoms with E-state index in [9.17, 15) is 8.78 Å². The second-order valence-electron chi connectivity index (χ2n) is 4.56. The first kappa shape index (κ1) is 11.5. The molecule has 1 aromatic rings. The molecule has 1 saturated carbocycles. The Hall–Kier alpha value is -0.960. The first-order valence-corrected chi connectivity index (χ1v) is 5.89. The molecule has 0 unspecified atom stereocenters. The van der Waals surface area contributed by atoms with Crippen LogP contribution in [0.25, 0.3) is 0 Å². The molecule has 16 heavy (non-hydrogen) atoms. The van der Waals surface area contributed by atoms with Crippen molar-refractivity contribution in [1.29, 1.82) is 0 Å². The molecule has 1 fully saturated rings. The Labute approximate surface area is 94.7 Å². The third-order valence-electron chi connectivity index (χ3n) is 3.49. The second kappa shape index (κ2) is 4.91. The topological polar surface area (TPSA) is 26.0 Å². The van der Waals surface area contributed by atoms with Gasteiger partial charge in [-0.05, 0) is 30.9 Å². The van der Waals surface area contributed by atoms with Crippen LogP contribution in [0.2, 0.25) is 0 Å². The summed E-state index contributed by atoms with van der Waals surface area (Å²) in [6.07, 6.45) is 5.41. The highest BCUT2D eigenvalue weighted by Crippen LogP contribution is 2.34. The van der Waals surface area contributed by atoms with E-state index < -0.39 is 17.7 Å². The third-order valence-corrected chi connectivity index (χ3v) is 3.49. The summed E-state index contributed by atoms with van der Waals surface area (Å²) < 4.78 is 27.1. The normalized spacial score (nSPS) is 19.7. The molecular formula is C13H17F2N. The Morgan fingerprint density at radius 1 is 1.06 bits per heavy atom. The van der Waals surface area contributed by atoms with Crippen molar-refractivity contribution in [3.05, 3.63) is 35.4 Å². The maximum Gasteiger partial charge on any atom is 0.130 e. The van der Waals surface area contributed by atoms with Gasteiger partial charge in [0.15, 0.2) is 0 Å². The molecule has 88 valence electrons. The Kier molecular flexibility index (Phi) is 3.54. The molecule has 1 aliphatic rings. The third kappa shape index (κ3) is 2.24. The van der Waals surface area contributed by atoms with Gasteiger partial charge in [0.2, 0.25) is 0 Å². The minimum atomic E-state index is -0.516. The summed E-state index contributed by atoms with van der Waals surface area (Å²) >= 11 is 0. The Bertz CT molecular complexity index is 339. The molecule has 3 heteroatoms. The van der Waals surface area contributed by atoms with E-state index in [1.807, 2.05) is 0 Å². The van der Waals surface area contributed by atoms with Crippen molar-refractivity contribution < 1.29 is 8.78 Å². The molecule has 1 aliphatic carbocycles. The first-order chi connectivity index (χ1) is 7.70. The average molecular weight is 225 g/mol. The molecule has 0 bridgehead atoms. The van der Waals surface area contributed by atoms with Crippen molar-refractivity contribution in [3.8, 4) is 0 Å². The van der Waals surface area contributed by atoms with Crippen LogP contribution >= 0.6 is 0 Å². The predicted molar refractivity (Wildman–Crippen MR) is 59.9 cm³/mol. The summed E-state index contributed by atoms with van der Waals surface area (Å²) in [6.45, 7) is 0. The predicted octanol–water partition coefficient (Wildman–Crippen LogP) is 3.54. The van der Waals surface area contributed by atoms with Gasteiger partial charge in [-0.2, -0.15) is 0 Å². The smallest absolute Gasteiger partial charge is 0.130 e. The molecule has 2 rings (SSSR count). The van der Waals surface area contributed by atoms with E-state index in [0.29, 0.717) is 0 Å². The van der Waals surface area contributed by atoms with E-state index in [0.717, 1.165) is 25.7 Å². The maximum absolute atomic E-state index is 13.5. The quantitative estimate of drug-likeness (QED) is 0.818. The minimum absolute atomic E-state index is 0.0643. The largest absolute Gasteiger partial charge is 0.324 e. The van der Waals surface area contributed by atoms with Crippen LogP contribution in [0.3, 0.4) is 0 Å². The zero-order valence-electron chi connectivity index (χ0n) is 9.26. The summed E-state index contributed by atoms with van der Waals surface area (Å²) in [4.78, 5) is 0. The highest BCUT2D eigenvalue weighted by molar-refractivity contribution is 5.23. The van der Waals surface area contributed by atoms with Gasteiger partial charge in [0.1, 0.15) is 11.6 Å². The van der Waals surface area contributed by atoms with Gasteiger partial charge in [-0.15, -0.1) is 0 Å². The average Bonchev–Trinajstić information content (AvgIpc) is 2.30. The number of benzene rings is 1. The number of hydrogen-bond acceptors (Lipinski definition) is 1. The lowest BCUT2D eigenvalue weighted by atomic mass is 9.81. The Morgan fingerprint density at radius 2 is 1.62 bits per heavy atom. The summed E-state index contributed by atoms with van der Waals surface area (Å²) in [5.41, 5.74) is 6.06. The molecule has 2 N–H and O–H groups in total. The van der Waals surface area contributed by atoms with Gasteiger partial charge in [0, 0.05) is 11.6 Å². The van der Waals surface area contributed by atoms with Crippen LogP contribution in [0.15, 0.2) is 18.2 Å². The molecule has 0 spiro atoms. The number of hydrogen-bond donors (Lipinski definition) is 1. The summed E-state index contributed by atoms with van der Waals surface area (Å²) in [7, 11) is 0. The fraction of sp³-hybridized carbons (Fsp3) is 0.538. The number of rotatable bonds is 2. The van der Waals surface area contributed by atoms with Crippen LogP contribution in [0.5, 0.6) is 0 Å². The fourth-order valence-corrected chi connectivity index (χ4v) is 2.56. The molecule has 1 nitrogen and oxygen atoms in total. The van der Waals surface area contributed by atoms with Gasteiger partial charge in [0.05, 0.1) is 0 Å². The standard InChI is InChI=1S/C13H17F2N/c14-10-7-4-8-11(15)12(10)13(16)9-5-2-1-3-6-9/h4,7-9,13H,1-3,5-6,16H2/t13-/m1/s1. The van der Waals surface area contributed by atoms with E-state index in [2.05, 4.69) is 0 Å². The van der Waals surface area contributed by atoms with Crippen LogP contribution in [0, 0.1) is 17.6 Å². The van der Waals surface area contributed by atoms with Gasteiger partial charge in [0.25, 0.3) is 0 Å². The van der Waals surface area contributed by atoms with E-state index >= 15 is 0 Å². The molecule has 1 aromatic carbocycles. The van der Waals surface area contributed by atoms with E-state index in [-0.39, 0.29) is 11.5 Å². The lowest BCUT2D eigenvalue weighted by molar-refractivity contribution is 0.298. The maximum atomic E-state index is 13.5. The highest BCUT2D eigenvalue weighted by Gasteiger charge is 2.26. The van der Waals surface area contributed by atoms with Crippen molar-refractivity contribution in [2.24, 2.45) is 11.7 Å². The molecule has 0 amide bonds. The Morgan fingerprint density at radius 3 is 2.19 bits per heavy atom. The van der Waals surface area contributed by atoms with Crippen LogP contribution in [-0.2, 0) is 0 Å². The van der Waals surface area contributed by atoms with Gasteiger partial charge < -0.3 is 5.73 Å². The Balaban J connectivity index is 2.22. The zero-order valence-corrected chi connectivity index (χ0v) is 9.26. The molecule has 0 heterocycles. The van der Waals surface area contributed by atoms with E-state index in [4.69, 9.17) is 5.73 Å². The van der Waals surface area contributed by atoms with Crippen molar-refractivity contribution >= 4 is 0 Å². The fourth-order valence-electron chi connectivity index (χ4n) is 2.56.